The molecule has 0 saturated carbocycles. The molecule has 0 unspecified atom stereocenters. The number of anilines is 2. The van der Waals surface area contributed by atoms with Gasteiger partial charge in [0, 0.05) is 13.1 Å². The summed E-state index contributed by atoms with van der Waals surface area (Å²) in [6.45, 7) is 2.32. The molecule has 1 fully saturated rings. The molecule has 1 aliphatic heterocycles. The average molecular weight is 333 g/mol. The number of nitrogens with zero attached hydrogens (tertiary/aromatic N) is 2. The number of benzene rings is 1. The molecule has 0 amide bonds. The van der Waals surface area contributed by atoms with Gasteiger partial charge >= 0.3 is 11.9 Å². The van der Waals surface area contributed by atoms with Crippen molar-refractivity contribution < 1.29 is 19.2 Å². The standard InChI is InChI=1S/C11H16N2.C5H3NO5/c12-10-6-2-3-7-11(10)13-8-4-1-5-9-13;7-5(8)3-1-2-4(11-3)6(9)10/h2-3,6-7H,1,4-5,8-9,12H2;1-2H,(H,7,8). The van der Waals surface area contributed by atoms with Crippen molar-refractivity contribution in [2.75, 3.05) is 23.7 Å². The molecular formula is C16H19N3O5. The summed E-state index contributed by atoms with van der Waals surface area (Å²) in [5, 5.41) is 18.2. The number of nitro groups is 1. The Balaban J connectivity index is 0.000000177. The maximum Gasteiger partial charge on any atom is 0.433 e. The van der Waals surface area contributed by atoms with Gasteiger partial charge in [0.05, 0.1) is 17.4 Å². The first-order chi connectivity index (χ1) is 11.5. The largest absolute Gasteiger partial charge is 0.475 e. The number of hydrogen-bond donors (Lipinski definition) is 2. The monoisotopic (exact) mass is 333 g/mol. The number of carboxylic acid groups (broad SMARTS) is 1. The fraction of sp³-hybridized carbons (Fsp3) is 0.312. The molecule has 8 heteroatoms. The number of nitrogen functional groups attached to an aromatic ring is 1. The second-order valence-corrected chi connectivity index (χ2v) is 5.31. The van der Waals surface area contributed by atoms with Crippen LogP contribution < -0.4 is 10.6 Å². The van der Waals surface area contributed by atoms with Gasteiger partial charge in [-0.3, -0.25) is 10.1 Å². The summed E-state index contributed by atoms with van der Waals surface area (Å²) in [4.78, 5) is 21.7. The lowest BCUT2D eigenvalue weighted by Gasteiger charge is -2.29. The molecule has 2 aromatic rings. The van der Waals surface area contributed by atoms with Gasteiger partial charge in [-0.1, -0.05) is 12.1 Å². The summed E-state index contributed by atoms with van der Waals surface area (Å²) >= 11 is 0. The van der Waals surface area contributed by atoms with Gasteiger partial charge in [-0.2, -0.15) is 0 Å². The van der Waals surface area contributed by atoms with E-state index in [0.29, 0.717) is 0 Å². The fourth-order valence-electron chi connectivity index (χ4n) is 2.45. The third kappa shape index (κ3) is 4.48. The quantitative estimate of drug-likeness (QED) is 0.502. The van der Waals surface area contributed by atoms with Crippen LogP contribution in [0.3, 0.4) is 0 Å². The summed E-state index contributed by atoms with van der Waals surface area (Å²) in [5.74, 6) is -2.32. The Morgan fingerprint density at radius 3 is 2.33 bits per heavy atom. The number of carbonyl (C=O) groups is 1. The minimum Gasteiger partial charge on any atom is -0.475 e. The van der Waals surface area contributed by atoms with Crippen LogP contribution >= 0.6 is 0 Å². The Morgan fingerprint density at radius 1 is 1.17 bits per heavy atom. The maximum absolute atomic E-state index is 10.1. The normalized spacial score (nSPS) is 13.8. The Morgan fingerprint density at radius 2 is 1.83 bits per heavy atom. The third-order valence-corrected chi connectivity index (χ3v) is 3.62. The molecule has 0 atom stereocenters. The van der Waals surface area contributed by atoms with Crippen LogP contribution in [-0.2, 0) is 0 Å². The van der Waals surface area contributed by atoms with E-state index in [4.69, 9.17) is 10.8 Å². The van der Waals surface area contributed by atoms with Crippen molar-refractivity contribution in [2.45, 2.75) is 19.3 Å². The van der Waals surface area contributed by atoms with Crippen molar-refractivity contribution in [1.82, 2.24) is 0 Å². The number of hydrogen-bond acceptors (Lipinski definition) is 6. The highest BCUT2D eigenvalue weighted by atomic mass is 16.6. The highest BCUT2D eigenvalue weighted by molar-refractivity contribution is 5.84. The van der Waals surface area contributed by atoms with Gasteiger partial charge in [-0.05, 0) is 37.5 Å². The van der Waals surface area contributed by atoms with Crippen LogP contribution in [0.25, 0.3) is 0 Å². The summed E-state index contributed by atoms with van der Waals surface area (Å²) < 4.78 is 4.31. The topological polar surface area (TPSA) is 123 Å². The number of piperidine rings is 1. The van der Waals surface area contributed by atoms with E-state index >= 15 is 0 Å². The molecule has 3 rings (SSSR count). The molecule has 1 saturated heterocycles. The highest BCUT2D eigenvalue weighted by Gasteiger charge is 2.15. The lowest BCUT2D eigenvalue weighted by molar-refractivity contribution is -0.402. The summed E-state index contributed by atoms with van der Waals surface area (Å²) in [5.41, 5.74) is 8.03. The number of rotatable bonds is 3. The fourth-order valence-corrected chi connectivity index (χ4v) is 2.45. The van der Waals surface area contributed by atoms with Gasteiger partial charge in [0.1, 0.15) is 4.92 Å². The number of nitrogens with two attached hydrogens (primary N) is 1. The van der Waals surface area contributed by atoms with E-state index in [9.17, 15) is 14.9 Å². The molecule has 24 heavy (non-hydrogen) atoms. The molecule has 0 radical (unpaired) electrons. The number of carboxylic acids is 1. The average Bonchev–Trinajstić information content (AvgIpc) is 3.07. The van der Waals surface area contributed by atoms with Crippen LogP contribution in [0, 0.1) is 10.1 Å². The first kappa shape index (κ1) is 17.3. The van der Waals surface area contributed by atoms with E-state index in [1.54, 1.807) is 0 Å². The van der Waals surface area contributed by atoms with Crippen LogP contribution in [0.2, 0.25) is 0 Å². The van der Waals surface area contributed by atoms with Gasteiger partial charge in [-0.15, -0.1) is 0 Å². The van der Waals surface area contributed by atoms with Crippen molar-refractivity contribution >= 4 is 23.2 Å². The number of furan rings is 1. The molecule has 3 N–H and O–H groups in total. The second-order valence-electron chi connectivity index (χ2n) is 5.31. The van der Waals surface area contributed by atoms with Gasteiger partial charge in [0.15, 0.2) is 0 Å². The predicted molar refractivity (Wildman–Crippen MR) is 89.2 cm³/mol. The van der Waals surface area contributed by atoms with Gasteiger partial charge < -0.3 is 20.2 Å². The molecule has 2 heterocycles. The van der Waals surface area contributed by atoms with Crippen molar-refractivity contribution in [3.05, 3.63) is 52.3 Å². The van der Waals surface area contributed by atoms with E-state index in [1.165, 1.54) is 24.9 Å². The molecule has 1 aromatic heterocycles. The minimum absolute atomic E-state index is 0.434. The zero-order chi connectivity index (χ0) is 17.5. The minimum atomic E-state index is -1.32. The zero-order valence-electron chi connectivity index (χ0n) is 13.1. The van der Waals surface area contributed by atoms with Crippen LogP contribution in [0.4, 0.5) is 17.3 Å². The van der Waals surface area contributed by atoms with E-state index in [1.807, 2.05) is 12.1 Å². The molecular weight excluding hydrogens is 314 g/mol. The second kappa shape index (κ2) is 8.00. The smallest absolute Gasteiger partial charge is 0.433 e. The maximum atomic E-state index is 10.1. The highest BCUT2D eigenvalue weighted by Crippen LogP contribution is 2.25. The van der Waals surface area contributed by atoms with Gasteiger partial charge in [0.2, 0.25) is 5.76 Å². The molecule has 0 spiro atoms. The molecule has 0 bridgehead atoms. The Labute approximate surface area is 138 Å². The van der Waals surface area contributed by atoms with E-state index < -0.39 is 22.5 Å². The van der Waals surface area contributed by atoms with E-state index in [0.717, 1.165) is 30.9 Å². The van der Waals surface area contributed by atoms with Crippen LogP contribution in [-0.4, -0.2) is 29.1 Å². The van der Waals surface area contributed by atoms with Gasteiger partial charge in [0.25, 0.3) is 0 Å². The summed E-state index contributed by atoms with van der Waals surface area (Å²) in [7, 11) is 0. The van der Waals surface area contributed by atoms with Crippen molar-refractivity contribution in [1.29, 1.82) is 0 Å². The van der Waals surface area contributed by atoms with Gasteiger partial charge in [-0.25, -0.2) is 4.79 Å². The lowest BCUT2D eigenvalue weighted by atomic mass is 10.1. The summed E-state index contributed by atoms with van der Waals surface area (Å²) in [6, 6.07) is 10.2. The first-order valence-electron chi connectivity index (χ1n) is 7.56. The number of aromatic carboxylic acids is 1. The molecule has 1 aliphatic rings. The zero-order valence-corrected chi connectivity index (χ0v) is 13.1. The summed E-state index contributed by atoms with van der Waals surface area (Å²) in [6.07, 6.45) is 3.96. The van der Waals surface area contributed by atoms with Crippen LogP contribution in [0.15, 0.2) is 40.8 Å². The van der Waals surface area contributed by atoms with E-state index in [2.05, 4.69) is 21.4 Å². The van der Waals surface area contributed by atoms with Crippen molar-refractivity contribution in [2.24, 2.45) is 0 Å². The first-order valence-corrected chi connectivity index (χ1v) is 7.56. The van der Waals surface area contributed by atoms with E-state index in [-0.39, 0.29) is 0 Å². The molecule has 8 nitrogen and oxygen atoms in total. The number of para-hydroxylation sites is 2. The lowest BCUT2D eigenvalue weighted by Crippen LogP contribution is -2.29. The Kier molecular flexibility index (Phi) is 5.78. The van der Waals surface area contributed by atoms with Crippen LogP contribution in [0.1, 0.15) is 29.8 Å². The third-order valence-electron chi connectivity index (χ3n) is 3.62. The van der Waals surface area contributed by atoms with Crippen molar-refractivity contribution in [3.8, 4) is 0 Å². The van der Waals surface area contributed by atoms with Crippen LogP contribution in [0.5, 0.6) is 0 Å². The van der Waals surface area contributed by atoms with Crippen molar-refractivity contribution in [3.63, 3.8) is 0 Å². The molecule has 1 aromatic carbocycles. The SMILES string of the molecule is Nc1ccccc1N1CCCCC1.O=C(O)c1ccc([N+](=O)[O-])o1. The molecule has 0 aliphatic carbocycles. The Hall–Kier alpha value is -3.03. The molecule has 128 valence electrons. The predicted octanol–water partition coefficient (Wildman–Crippen LogP) is 3.15. The Bertz CT molecular complexity index is 679.